The van der Waals surface area contributed by atoms with Crippen LogP contribution in [0.2, 0.25) is 0 Å². The first-order valence-corrected chi connectivity index (χ1v) is 13.1. The van der Waals surface area contributed by atoms with Gasteiger partial charge in [-0.25, -0.2) is 0 Å². The maximum Gasteiger partial charge on any atom is 0.314 e. The third-order valence-electron chi connectivity index (χ3n) is 10.1. The van der Waals surface area contributed by atoms with E-state index in [0.29, 0.717) is 18.6 Å². The maximum absolute atomic E-state index is 13.6. The number of nitrogens with one attached hydrogen (secondary N) is 1. The van der Waals surface area contributed by atoms with E-state index in [4.69, 9.17) is 4.74 Å². The predicted octanol–water partition coefficient (Wildman–Crippen LogP) is 5.21. The minimum Gasteiger partial charge on any atom is -0.426 e. The summed E-state index contributed by atoms with van der Waals surface area (Å²) in [5, 5.41) is 3.13. The molecule has 1 amide bonds. The van der Waals surface area contributed by atoms with Gasteiger partial charge in [0.25, 0.3) is 0 Å². The van der Waals surface area contributed by atoms with E-state index in [1.54, 1.807) is 0 Å². The zero-order valence-corrected chi connectivity index (χ0v) is 21.3. The third-order valence-corrected chi connectivity index (χ3v) is 10.1. The molecule has 1 N–H and O–H groups in total. The lowest BCUT2D eigenvalue weighted by Gasteiger charge is -2.59. The second kappa shape index (κ2) is 7.93. The van der Waals surface area contributed by atoms with Crippen molar-refractivity contribution in [3.63, 3.8) is 0 Å². The summed E-state index contributed by atoms with van der Waals surface area (Å²) < 4.78 is 6.08. The van der Waals surface area contributed by atoms with E-state index < -0.39 is 0 Å². The number of ketones is 1. The number of benzene rings is 1. The van der Waals surface area contributed by atoms with Gasteiger partial charge >= 0.3 is 5.97 Å². The minimum absolute atomic E-state index is 0.00494. The summed E-state index contributed by atoms with van der Waals surface area (Å²) in [5.74, 6) is 1.19. The summed E-state index contributed by atoms with van der Waals surface area (Å²) >= 11 is 0. The Morgan fingerprint density at radius 3 is 2.44 bits per heavy atom. The average molecular weight is 466 g/mol. The van der Waals surface area contributed by atoms with Gasteiger partial charge < -0.3 is 10.1 Å². The molecule has 7 atom stereocenters. The van der Waals surface area contributed by atoms with Crippen LogP contribution in [0.15, 0.2) is 24.3 Å². The first-order valence-electron chi connectivity index (χ1n) is 13.1. The van der Waals surface area contributed by atoms with E-state index in [0.717, 1.165) is 37.7 Å². The lowest BCUT2D eigenvalue weighted by atomic mass is 9.46. The highest BCUT2D eigenvalue weighted by molar-refractivity contribution is 5.86. The highest BCUT2D eigenvalue weighted by Gasteiger charge is 2.64. The lowest BCUT2D eigenvalue weighted by Crippen LogP contribution is -2.63. The van der Waals surface area contributed by atoms with Crippen molar-refractivity contribution in [2.24, 2.45) is 34.5 Å². The molecule has 1 aromatic carbocycles. The number of carbonyl (C=O) groups excluding carboxylic acids is 3. The summed E-state index contributed by atoms with van der Waals surface area (Å²) in [6.07, 6.45) is 5.40. The van der Waals surface area contributed by atoms with Gasteiger partial charge in [-0.2, -0.15) is 0 Å². The molecule has 4 fully saturated rings. The molecule has 5 heteroatoms. The van der Waals surface area contributed by atoms with Crippen molar-refractivity contribution in [1.29, 1.82) is 0 Å². The Morgan fingerprint density at radius 2 is 1.71 bits per heavy atom. The number of esters is 1. The van der Waals surface area contributed by atoms with Crippen LogP contribution >= 0.6 is 0 Å². The van der Waals surface area contributed by atoms with Gasteiger partial charge in [-0.05, 0) is 66.3 Å². The fraction of sp³-hybridized carbons (Fsp3) is 0.690. The third kappa shape index (κ3) is 3.53. The van der Waals surface area contributed by atoms with Crippen LogP contribution < -0.4 is 10.1 Å². The second-order valence-corrected chi connectivity index (χ2v) is 12.9. The van der Waals surface area contributed by atoms with Crippen molar-refractivity contribution in [3.8, 4) is 5.75 Å². The molecule has 34 heavy (non-hydrogen) atoms. The molecular formula is C29H39NO4. The van der Waals surface area contributed by atoms with E-state index in [9.17, 15) is 14.4 Å². The summed E-state index contributed by atoms with van der Waals surface area (Å²) in [6, 6.07) is 7.80. The van der Waals surface area contributed by atoms with Gasteiger partial charge in [-0.3, -0.25) is 14.4 Å². The van der Waals surface area contributed by atoms with Crippen molar-refractivity contribution in [2.45, 2.75) is 91.0 Å². The summed E-state index contributed by atoms with van der Waals surface area (Å²) in [7, 11) is 0. The SMILES string of the molecule is CC(C)(C)c1ccccc1OC(=O)[C@H]1CC[C@H]2[C@@H]3C(=O)C[C@H]4NC(=O)CC[C@]4(C)[C@H]3CC[C@]12C. The van der Waals surface area contributed by atoms with Gasteiger partial charge in [-0.1, -0.05) is 52.8 Å². The number of amides is 1. The van der Waals surface area contributed by atoms with Crippen molar-refractivity contribution in [1.82, 2.24) is 5.32 Å². The van der Waals surface area contributed by atoms with Gasteiger partial charge in [0.2, 0.25) is 5.91 Å². The molecule has 0 bridgehead atoms. The monoisotopic (exact) mass is 465 g/mol. The van der Waals surface area contributed by atoms with Gasteiger partial charge in [0.1, 0.15) is 11.5 Å². The molecule has 1 aliphatic heterocycles. The van der Waals surface area contributed by atoms with Crippen LogP contribution in [0, 0.1) is 34.5 Å². The fourth-order valence-corrected chi connectivity index (χ4v) is 8.12. The molecule has 1 heterocycles. The highest BCUT2D eigenvalue weighted by atomic mass is 16.5. The number of carbonyl (C=O) groups is 3. The molecule has 0 aromatic heterocycles. The molecule has 184 valence electrons. The Labute approximate surface area is 203 Å². The molecule has 5 nitrogen and oxygen atoms in total. The lowest BCUT2D eigenvalue weighted by molar-refractivity contribution is -0.159. The van der Waals surface area contributed by atoms with Crippen LogP contribution in [0.25, 0.3) is 0 Å². The number of fused-ring (bicyclic) bond motifs is 5. The summed E-state index contributed by atoms with van der Waals surface area (Å²) in [6.45, 7) is 10.9. The quantitative estimate of drug-likeness (QED) is 0.481. The van der Waals surface area contributed by atoms with Crippen molar-refractivity contribution >= 4 is 17.7 Å². The first-order chi connectivity index (χ1) is 15.9. The normalized spacial score (nSPS) is 39.5. The Balaban J connectivity index is 1.39. The fourth-order valence-electron chi connectivity index (χ4n) is 8.12. The Hall–Kier alpha value is -2.17. The van der Waals surface area contributed by atoms with Crippen molar-refractivity contribution < 1.29 is 19.1 Å². The minimum atomic E-state index is -0.217. The number of para-hydroxylation sites is 1. The van der Waals surface area contributed by atoms with Crippen LogP contribution in [0.1, 0.15) is 85.1 Å². The maximum atomic E-state index is 13.6. The number of hydrogen-bond donors (Lipinski definition) is 1. The largest absolute Gasteiger partial charge is 0.426 e. The molecule has 0 radical (unpaired) electrons. The second-order valence-electron chi connectivity index (χ2n) is 12.9. The molecule has 0 spiro atoms. The summed E-state index contributed by atoms with van der Waals surface area (Å²) in [5.41, 5.74) is 0.670. The Morgan fingerprint density at radius 1 is 1.00 bits per heavy atom. The Kier molecular flexibility index (Phi) is 5.49. The van der Waals surface area contributed by atoms with Crippen LogP contribution in [0.5, 0.6) is 5.75 Å². The topological polar surface area (TPSA) is 72.5 Å². The number of rotatable bonds is 2. The van der Waals surface area contributed by atoms with E-state index in [1.165, 1.54) is 0 Å². The van der Waals surface area contributed by atoms with Gasteiger partial charge in [0.15, 0.2) is 0 Å². The predicted molar refractivity (Wildman–Crippen MR) is 130 cm³/mol. The van der Waals surface area contributed by atoms with Crippen LogP contribution in [-0.2, 0) is 19.8 Å². The standard InChI is InChI=1S/C29H39NO4/c1-27(2,3)17-8-6-7-9-22(17)34-26(33)20-11-10-18-25-19(12-14-28(18,20)4)29(5)15-13-24(32)30-23(29)16-21(25)31/h6-9,18-20,23,25H,10-16H2,1-5H3,(H,30,32)/t18-,19-,20+,23+,25-,28-,29+/m0/s1. The average Bonchev–Trinajstić information content (AvgIpc) is 3.12. The molecule has 3 saturated carbocycles. The van der Waals surface area contributed by atoms with Gasteiger partial charge in [-0.15, -0.1) is 0 Å². The van der Waals surface area contributed by atoms with Crippen molar-refractivity contribution in [3.05, 3.63) is 29.8 Å². The molecule has 3 aliphatic carbocycles. The molecule has 1 aromatic rings. The van der Waals surface area contributed by atoms with Gasteiger partial charge in [0.05, 0.1) is 5.92 Å². The highest BCUT2D eigenvalue weighted by Crippen LogP contribution is 2.65. The van der Waals surface area contributed by atoms with Gasteiger partial charge in [0, 0.05) is 30.4 Å². The molecule has 0 unspecified atom stereocenters. The van der Waals surface area contributed by atoms with E-state index in [2.05, 4.69) is 39.9 Å². The first kappa shape index (κ1) is 23.6. The zero-order chi connectivity index (χ0) is 24.5. The number of hydrogen-bond acceptors (Lipinski definition) is 4. The molecule has 4 aliphatic rings. The van der Waals surface area contributed by atoms with E-state index in [1.807, 2.05) is 24.3 Å². The smallest absolute Gasteiger partial charge is 0.314 e. The van der Waals surface area contributed by atoms with Crippen LogP contribution in [0.3, 0.4) is 0 Å². The van der Waals surface area contributed by atoms with E-state index in [-0.39, 0.29) is 63.6 Å². The number of piperidine rings is 1. The van der Waals surface area contributed by atoms with Crippen molar-refractivity contribution in [2.75, 3.05) is 0 Å². The number of Topliss-reactive ketones (excluding diaryl/α,β-unsaturated/α-hetero) is 1. The zero-order valence-electron chi connectivity index (χ0n) is 21.3. The van der Waals surface area contributed by atoms with Crippen LogP contribution in [-0.4, -0.2) is 23.7 Å². The van der Waals surface area contributed by atoms with E-state index >= 15 is 0 Å². The molecule has 5 rings (SSSR count). The molecule has 1 saturated heterocycles. The molecular weight excluding hydrogens is 426 g/mol. The number of ether oxygens (including phenoxy) is 1. The Bertz CT molecular complexity index is 1030. The summed E-state index contributed by atoms with van der Waals surface area (Å²) in [4.78, 5) is 39.1. The van der Waals surface area contributed by atoms with Crippen LogP contribution in [0.4, 0.5) is 0 Å².